The maximum absolute atomic E-state index is 6.00. The number of anilines is 1. The lowest BCUT2D eigenvalue weighted by molar-refractivity contribution is 0.172. The summed E-state index contributed by atoms with van der Waals surface area (Å²) in [6.07, 6.45) is 0. The molecule has 18 heavy (non-hydrogen) atoms. The minimum Gasteiger partial charge on any atom is -0.369 e. The summed E-state index contributed by atoms with van der Waals surface area (Å²) in [5, 5.41) is 0.680. The van der Waals surface area contributed by atoms with Gasteiger partial charge in [-0.2, -0.15) is 0 Å². The number of imidazole rings is 1. The third-order valence-corrected chi connectivity index (χ3v) is 3.73. The Balaban J connectivity index is 2.48. The van der Waals surface area contributed by atoms with Gasteiger partial charge in [-0.15, -0.1) is 0 Å². The number of likely N-dealkylation sites (N-methyl/N-ethyl adjacent to an activating group) is 1. The molecule has 0 aliphatic heterocycles. The van der Waals surface area contributed by atoms with Gasteiger partial charge in [-0.05, 0) is 46.1 Å². The van der Waals surface area contributed by atoms with Crippen molar-refractivity contribution in [2.45, 2.75) is 25.9 Å². The number of hydrogen-bond acceptors (Lipinski definition) is 3. The van der Waals surface area contributed by atoms with Crippen molar-refractivity contribution in [1.29, 1.82) is 0 Å². The molecule has 4 nitrogen and oxygen atoms in total. The Labute approximate surface area is 112 Å². The van der Waals surface area contributed by atoms with Gasteiger partial charge in [0.25, 0.3) is 0 Å². The van der Waals surface area contributed by atoms with Crippen LogP contribution < -0.4 is 5.73 Å². The first-order chi connectivity index (χ1) is 8.31. The van der Waals surface area contributed by atoms with E-state index in [0.29, 0.717) is 11.0 Å². The molecule has 0 aliphatic carbocycles. The van der Waals surface area contributed by atoms with Crippen molar-refractivity contribution in [3.8, 4) is 0 Å². The third-order valence-electron chi connectivity index (χ3n) is 3.50. The number of nitrogens with zero attached hydrogens (tertiary/aromatic N) is 3. The second-order valence-corrected chi connectivity index (χ2v) is 5.83. The van der Waals surface area contributed by atoms with Gasteiger partial charge in [-0.3, -0.25) is 0 Å². The van der Waals surface area contributed by atoms with Crippen molar-refractivity contribution in [3.63, 3.8) is 0 Å². The molecule has 0 unspecified atom stereocenters. The van der Waals surface area contributed by atoms with Gasteiger partial charge in [-0.1, -0.05) is 11.6 Å². The first-order valence-electron chi connectivity index (χ1n) is 5.90. The van der Waals surface area contributed by atoms with Gasteiger partial charge in [0.1, 0.15) is 0 Å². The van der Waals surface area contributed by atoms with E-state index in [9.17, 15) is 0 Å². The summed E-state index contributed by atoms with van der Waals surface area (Å²) < 4.78 is 2.03. The molecule has 98 valence electrons. The predicted molar refractivity (Wildman–Crippen MR) is 76.9 cm³/mol. The molecule has 1 aromatic carbocycles. The molecule has 0 atom stereocenters. The topological polar surface area (TPSA) is 47.1 Å². The normalized spacial score (nSPS) is 12.6. The smallest absolute Gasteiger partial charge is 0.201 e. The van der Waals surface area contributed by atoms with Crippen molar-refractivity contribution < 1.29 is 0 Å². The number of hydrogen-bond donors (Lipinski definition) is 1. The van der Waals surface area contributed by atoms with Crippen molar-refractivity contribution in [3.05, 3.63) is 23.2 Å². The zero-order valence-corrected chi connectivity index (χ0v) is 12.0. The molecule has 0 radical (unpaired) electrons. The fourth-order valence-electron chi connectivity index (χ4n) is 1.82. The quantitative estimate of drug-likeness (QED) is 0.929. The molecule has 0 saturated heterocycles. The molecule has 0 amide bonds. The molecule has 1 aromatic heterocycles. The van der Waals surface area contributed by atoms with Crippen LogP contribution in [0.4, 0.5) is 5.95 Å². The highest BCUT2D eigenvalue weighted by molar-refractivity contribution is 6.31. The van der Waals surface area contributed by atoms with Crippen molar-refractivity contribution >= 4 is 28.6 Å². The molecular formula is C13H19ClN4. The molecule has 2 N–H and O–H groups in total. The first kappa shape index (κ1) is 13.2. The monoisotopic (exact) mass is 266 g/mol. The van der Waals surface area contributed by atoms with E-state index >= 15 is 0 Å². The van der Waals surface area contributed by atoms with Crippen LogP contribution in [0.5, 0.6) is 0 Å². The van der Waals surface area contributed by atoms with Crippen molar-refractivity contribution in [2.75, 3.05) is 19.8 Å². The van der Waals surface area contributed by atoms with Gasteiger partial charge in [-0.25, -0.2) is 4.98 Å². The maximum Gasteiger partial charge on any atom is 0.201 e. The maximum atomic E-state index is 6.00. The minimum atomic E-state index is 0.00138. The standard InChI is InChI=1S/C13H19ClN4/c1-13(2,17(3)4)8-18-11-6-5-9(14)7-10(11)16-12(18)15/h5-7H,8H2,1-4H3,(H2,15,16). The Morgan fingerprint density at radius 1 is 1.39 bits per heavy atom. The number of halogens is 1. The van der Waals surface area contributed by atoms with Crippen LogP contribution in [-0.4, -0.2) is 34.1 Å². The third kappa shape index (κ3) is 2.31. The first-order valence-corrected chi connectivity index (χ1v) is 6.28. The Morgan fingerprint density at radius 2 is 2.06 bits per heavy atom. The summed E-state index contributed by atoms with van der Waals surface area (Å²) in [5.41, 5.74) is 7.86. The minimum absolute atomic E-state index is 0.00138. The number of rotatable bonds is 3. The van der Waals surface area contributed by atoms with E-state index in [-0.39, 0.29) is 5.54 Å². The Hall–Kier alpha value is -1.26. The molecule has 2 aromatic rings. The Bertz CT molecular complexity index is 572. The van der Waals surface area contributed by atoms with Gasteiger partial charge in [0.15, 0.2) is 0 Å². The summed E-state index contributed by atoms with van der Waals surface area (Å²) in [4.78, 5) is 6.53. The summed E-state index contributed by atoms with van der Waals surface area (Å²) in [5.74, 6) is 0.530. The van der Waals surface area contributed by atoms with Crippen LogP contribution >= 0.6 is 11.6 Å². The molecule has 2 rings (SSSR count). The lowest BCUT2D eigenvalue weighted by Gasteiger charge is -2.33. The summed E-state index contributed by atoms with van der Waals surface area (Å²) in [6.45, 7) is 5.13. The number of fused-ring (bicyclic) bond motifs is 1. The highest BCUT2D eigenvalue weighted by Gasteiger charge is 2.23. The Morgan fingerprint density at radius 3 is 2.67 bits per heavy atom. The zero-order chi connectivity index (χ0) is 13.5. The number of benzene rings is 1. The predicted octanol–water partition coefficient (Wildman–Crippen LogP) is 2.61. The second kappa shape index (κ2) is 4.44. The van der Waals surface area contributed by atoms with Crippen LogP contribution in [-0.2, 0) is 6.54 Å². The van der Waals surface area contributed by atoms with E-state index in [1.807, 2.05) is 22.8 Å². The van der Waals surface area contributed by atoms with Gasteiger partial charge < -0.3 is 15.2 Å². The van der Waals surface area contributed by atoms with Crippen LogP contribution in [0.1, 0.15) is 13.8 Å². The lowest BCUT2D eigenvalue weighted by Crippen LogP contribution is -2.42. The summed E-state index contributed by atoms with van der Waals surface area (Å²) in [6, 6.07) is 5.67. The van der Waals surface area contributed by atoms with Gasteiger partial charge in [0, 0.05) is 17.1 Å². The van der Waals surface area contributed by atoms with E-state index in [2.05, 4.69) is 37.8 Å². The van der Waals surface area contributed by atoms with Gasteiger partial charge in [0.2, 0.25) is 5.95 Å². The molecular weight excluding hydrogens is 248 g/mol. The van der Waals surface area contributed by atoms with Crippen LogP contribution in [0, 0.1) is 0 Å². The average molecular weight is 267 g/mol. The molecule has 0 bridgehead atoms. The van der Waals surface area contributed by atoms with Gasteiger partial charge in [0.05, 0.1) is 11.0 Å². The van der Waals surface area contributed by atoms with Crippen LogP contribution in [0.3, 0.4) is 0 Å². The zero-order valence-electron chi connectivity index (χ0n) is 11.2. The molecule has 5 heteroatoms. The fourth-order valence-corrected chi connectivity index (χ4v) is 1.98. The van der Waals surface area contributed by atoms with E-state index in [1.54, 1.807) is 0 Å². The lowest BCUT2D eigenvalue weighted by atomic mass is 10.0. The largest absolute Gasteiger partial charge is 0.369 e. The molecule has 0 spiro atoms. The van der Waals surface area contributed by atoms with Crippen LogP contribution in [0.2, 0.25) is 5.02 Å². The SMILES string of the molecule is CN(C)C(C)(C)Cn1c(N)nc2cc(Cl)ccc21. The van der Waals surface area contributed by atoms with Crippen molar-refractivity contribution in [2.24, 2.45) is 0 Å². The molecule has 0 saturated carbocycles. The highest BCUT2D eigenvalue weighted by Crippen LogP contribution is 2.24. The summed E-state index contributed by atoms with van der Waals surface area (Å²) in [7, 11) is 4.12. The second-order valence-electron chi connectivity index (χ2n) is 5.40. The molecule has 0 fully saturated rings. The van der Waals surface area contributed by atoms with E-state index in [4.69, 9.17) is 17.3 Å². The number of nitrogens with two attached hydrogens (primary N) is 1. The number of aromatic nitrogens is 2. The van der Waals surface area contributed by atoms with Crippen LogP contribution in [0.15, 0.2) is 18.2 Å². The highest BCUT2D eigenvalue weighted by atomic mass is 35.5. The number of nitrogen functional groups attached to an aromatic ring is 1. The van der Waals surface area contributed by atoms with Crippen LogP contribution in [0.25, 0.3) is 11.0 Å². The Kier molecular flexibility index (Phi) is 3.25. The molecule has 1 heterocycles. The van der Waals surface area contributed by atoms with E-state index in [0.717, 1.165) is 17.6 Å². The van der Waals surface area contributed by atoms with Crippen molar-refractivity contribution in [1.82, 2.24) is 14.5 Å². The molecule has 0 aliphatic rings. The van der Waals surface area contributed by atoms with E-state index < -0.39 is 0 Å². The average Bonchev–Trinajstić information content (AvgIpc) is 2.54. The fraction of sp³-hybridized carbons (Fsp3) is 0.462. The van der Waals surface area contributed by atoms with E-state index in [1.165, 1.54) is 0 Å². The summed E-state index contributed by atoms with van der Waals surface area (Å²) >= 11 is 5.97. The van der Waals surface area contributed by atoms with Gasteiger partial charge >= 0.3 is 0 Å².